The lowest BCUT2D eigenvalue weighted by atomic mass is 10.1. The Bertz CT molecular complexity index is 825. The van der Waals surface area contributed by atoms with Gasteiger partial charge >= 0.3 is 5.97 Å². The third-order valence-electron chi connectivity index (χ3n) is 4.37. The molecule has 0 saturated heterocycles. The van der Waals surface area contributed by atoms with E-state index in [1.54, 1.807) is 43.3 Å². The van der Waals surface area contributed by atoms with Gasteiger partial charge in [0.2, 0.25) is 11.7 Å². The summed E-state index contributed by atoms with van der Waals surface area (Å²) >= 11 is 0. The molecule has 0 aliphatic rings. The predicted octanol–water partition coefficient (Wildman–Crippen LogP) is 3.92. The maximum absolute atomic E-state index is 12.5. The molecule has 0 saturated carbocycles. The van der Waals surface area contributed by atoms with Crippen molar-refractivity contribution >= 4 is 29.0 Å². The Labute approximate surface area is 165 Å². The second-order valence-electron chi connectivity index (χ2n) is 6.39. The van der Waals surface area contributed by atoms with Crippen LogP contribution in [0.2, 0.25) is 0 Å². The number of benzene rings is 2. The van der Waals surface area contributed by atoms with Crippen LogP contribution in [0.1, 0.15) is 48.4 Å². The Kier molecular flexibility index (Phi) is 7.32. The fourth-order valence-electron chi connectivity index (χ4n) is 2.84. The first-order valence-corrected chi connectivity index (χ1v) is 9.33. The van der Waals surface area contributed by atoms with Gasteiger partial charge in [-0.25, -0.2) is 4.79 Å². The molecule has 148 valence electrons. The SMILES string of the molecule is CCN(CC)c1ccc(C(=O)OC(C)C(=O)c2ccc(NC(C)=O)cc2)cc1. The van der Waals surface area contributed by atoms with Gasteiger partial charge in [0.1, 0.15) is 0 Å². The average molecular weight is 382 g/mol. The Morgan fingerprint density at radius 2 is 1.46 bits per heavy atom. The molecule has 0 spiro atoms. The molecule has 1 N–H and O–H groups in total. The number of carbonyl (C=O) groups excluding carboxylic acids is 3. The van der Waals surface area contributed by atoms with Crippen LogP contribution in [0.15, 0.2) is 48.5 Å². The van der Waals surface area contributed by atoms with Crippen molar-refractivity contribution in [2.75, 3.05) is 23.3 Å². The molecular formula is C22H26N2O4. The van der Waals surface area contributed by atoms with Gasteiger partial charge in [-0.2, -0.15) is 0 Å². The quantitative estimate of drug-likeness (QED) is 0.553. The summed E-state index contributed by atoms with van der Waals surface area (Å²) in [4.78, 5) is 38.1. The number of anilines is 2. The fourth-order valence-corrected chi connectivity index (χ4v) is 2.84. The van der Waals surface area contributed by atoms with E-state index in [4.69, 9.17) is 4.74 Å². The fraction of sp³-hybridized carbons (Fsp3) is 0.318. The van der Waals surface area contributed by atoms with E-state index in [0.717, 1.165) is 18.8 Å². The van der Waals surface area contributed by atoms with E-state index in [1.807, 2.05) is 12.1 Å². The van der Waals surface area contributed by atoms with E-state index < -0.39 is 12.1 Å². The number of ketones is 1. The molecule has 1 amide bonds. The van der Waals surface area contributed by atoms with Crippen molar-refractivity contribution in [3.8, 4) is 0 Å². The molecule has 6 nitrogen and oxygen atoms in total. The molecule has 2 aromatic rings. The summed E-state index contributed by atoms with van der Waals surface area (Å²) in [6.07, 6.45) is -0.915. The smallest absolute Gasteiger partial charge is 0.338 e. The van der Waals surface area contributed by atoms with Crippen molar-refractivity contribution < 1.29 is 19.1 Å². The van der Waals surface area contributed by atoms with Crippen LogP contribution in [0, 0.1) is 0 Å². The lowest BCUT2D eigenvalue weighted by Gasteiger charge is -2.21. The molecule has 1 atom stereocenters. The Morgan fingerprint density at radius 3 is 1.96 bits per heavy atom. The van der Waals surface area contributed by atoms with Gasteiger partial charge in [-0.1, -0.05) is 0 Å². The third kappa shape index (κ3) is 5.42. The van der Waals surface area contributed by atoms with Crippen molar-refractivity contribution in [3.63, 3.8) is 0 Å². The van der Waals surface area contributed by atoms with Crippen molar-refractivity contribution in [2.24, 2.45) is 0 Å². The van der Waals surface area contributed by atoms with Gasteiger partial charge < -0.3 is 15.0 Å². The second-order valence-corrected chi connectivity index (χ2v) is 6.39. The summed E-state index contributed by atoms with van der Waals surface area (Å²) in [5.41, 5.74) is 2.44. The number of rotatable bonds is 8. The number of amides is 1. The Morgan fingerprint density at radius 1 is 0.929 bits per heavy atom. The zero-order valence-corrected chi connectivity index (χ0v) is 16.7. The zero-order chi connectivity index (χ0) is 20.7. The molecular weight excluding hydrogens is 356 g/mol. The second kappa shape index (κ2) is 9.69. The van der Waals surface area contributed by atoms with E-state index >= 15 is 0 Å². The van der Waals surface area contributed by atoms with E-state index in [0.29, 0.717) is 16.8 Å². The maximum Gasteiger partial charge on any atom is 0.338 e. The van der Waals surface area contributed by atoms with Crippen LogP contribution < -0.4 is 10.2 Å². The summed E-state index contributed by atoms with van der Waals surface area (Å²) in [6, 6.07) is 13.6. The molecule has 0 aliphatic carbocycles. The molecule has 2 rings (SSSR count). The number of esters is 1. The van der Waals surface area contributed by atoms with E-state index in [-0.39, 0.29) is 11.7 Å². The monoisotopic (exact) mass is 382 g/mol. The molecule has 28 heavy (non-hydrogen) atoms. The first-order valence-electron chi connectivity index (χ1n) is 9.33. The van der Waals surface area contributed by atoms with Crippen molar-refractivity contribution in [1.29, 1.82) is 0 Å². The molecule has 0 aliphatic heterocycles. The zero-order valence-electron chi connectivity index (χ0n) is 16.7. The molecule has 0 radical (unpaired) electrons. The lowest BCUT2D eigenvalue weighted by Crippen LogP contribution is -2.25. The minimum Gasteiger partial charge on any atom is -0.451 e. The number of Topliss-reactive ketones (excluding diaryl/α,β-unsaturated/α-hetero) is 1. The number of nitrogens with one attached hydrogen (secondary N) is 1. The van der Waals surface area contributed by atoms with Crippen LogP contribution in [0.4, 0.5) is 11.4 Å². The Hall–Kier alpha value is -3.15. The van der Waals surface area contributed by atoms with Crippen molar-refractivity contribution in [1.82, 2.24) is 0 Å². The molecule has 2 aromatic carbocycles. The standard InChI is InChI=1S/C22H26N2O4/c1-5-24(6-2)20-13-9-18(10-14-20)22(27)28-15(3)21(26)17-7-11-19(12-8-17)23-16(4)25/h7-15H,5-6H2,1-4H3,(H,23,25). The lowest BCUT2D eigenvalue weighted by molar-refractivity contribution is -0.114. The first kappa shape index (κ1) is 21.2. The highest BCUT2D eigenvalue weighted by atomic mass is 16.5. The molecule has 0 fully saturated rings. The van der Waals surface area contributed by atoms with E-state index in [1.165, 1.54) is 6.92 Å². The van der Waals surface area contributed by atoms with Crippen LogP contribution in [0.25, 0.3) is 0 Å². The van der Waals surface area contributed by atoms with Gasteiger partial charge in [0.15, 0.2) is 6.10 Å². The summed E-state index contributed by atoms with van der Waals surface area (Å²) < 4.78 is 5.33. The highest BCUT2D eigenvalue weighted by Gasteiger charge is 2.20. The van der Waals surface area contributed by atoms with Crippen LogP contribution in [0.3, 0.4) is 0 Å². The number of nitrogens with zero attached hydrogens (tertiary/aromatic N) is 1. The van der Waals surface area contributed by atoms with Gasteiger partial charge in [0.25, 0.3) is 0 Å². The predicted molar refractivity (Wildman–Crippen MR) is 110 cm³/mol. The van der Waals surface area contributed by atoms with Gasteiger partial charge in [-0.05, 0) is 69.3 Å². The molecule has 0 heterocycles. The van der Waals surface area contributed by atoms with Gasteiger partial charge in [0, 0.05) is 37.0 Å². The van der Waals surface area contributed by atoms with Crippen LogP contribution in [0.5, 0.6) is 0 Å². The number of carbonyl (C=O) groups is 3. The van der Waals surface area contributed by atoms with E-state index in [9.17, 15) is 14.4 Å². The summed E-state index contributed by atoms with van der Waals surface area (Å²) in [5.74, 6) is -1.03. The normalized spacial score (nSPS) is 11.4. The van der Waals surface area contributed by atoms with Gasteiger partial charge in [-0.3, -0.25) is 9.59 Å². The highest BCUT2D eigenvalue weighted by molar-refractivity contribution is 6.02. The van der Waals surface area contributed by atoms with Crippen molar-refractivity contribution in [3.05, 3.63) is 59.7 Å². The van der Waals surface area contributed by atoms with Crippen LogP contribution in [-0.2, 0) is 9.53 Å². The third-order valence-corrected chi connectivity index (χ3v) is 4.37. The first-order chi connectivity index (χ1) is 13.3. The minimum atomic E-state index is -0.915. The Balaban J connectivity index is 2.01. The molecule has 1 unspecified atom stereocenters. The summed E-state index contributed by atoms with van der Waals surface area (Å²) in [6.45, 7) is 8.86. The highest BCUT2D eigenvalue weighted by Crippen LogP contribution is 2.17. The van der Waals surface area contributed by atoms with Gasteiger partial charge in [0.05, 0.1) is 5.56 Å². The number of hydrogen-bond acceptors (Lipinski definition) is 5. The minimum absolute atomic E-state index is 0.187. The summed E-state index contributed by atoms with van der Waals surface area (Å²) in [7, 11) is 0. The number of ether oxygens (including phenoxy) is 1. The summed E-state index contributed by atoms with van der Waals surface area (Å²) in [5, 5.41) is 2.64. The van der Waals surface area contributed by atoms with Crippen LogP contribution >= 0.6 is 0 Å². The van der Waals surface area contributed by atoms with Crippen molar-refractivity contribution in [2.45, 2.75) is 33.8 Å². The van der Waals surface area contributed by atoms with Gasteiger partial charge in [-0.15, -0.1) is 0 Å². The van der Waals surface area contributed by atoms with Crippen LogP contribution in [-0.4, -0.2) is 36.9 Å². The molecule has 0 aromatic heterocycles. The largest absolute Gasteiger partial charge is 0.451 e. The maximum atomic E-state index is 12.5. The topological polar surface area (TPSA) is 75.7 Å². The molecule has 6 heteroatoms. The molecule has 0 bridgehead atoms. The average Bonchev–Trinajstić information content (AvgIpc) is 2.69. The number of hydrogen-bond donors (Lipinski definition) is 1. The van der Waals surface area contributed by atoms with E-state index in [2.05, 4.69) is 24.1 Å².